The first-order valence-electron chi connectivity index (χ1n) is 13.0. The van der Waals surface area contributed by atoms with Gasteiger partial charge in [-0.05, 0) is 35.9 Å². The molecule has 1 amide bonds. The Hall–Kier alpha value is -4.10. The maximum absolute atomic E-state index is 13.6. The average molecular weight is 538 g/mol. The number of thioether (sulfide) groups is 1. The van der Waals surface area contributed by atoms with Crippen LogP contribution in [0.3, 0.4) is 0 Å². The van der Waals surface area contributed by atoms with Crippen molar-refractivity contribution in [2.24, 2.45) is 4.99 Å². The normalized spacial score (nSPS) is 16.4. The molecule has 3 aromatic carbocycles. The number of rotatable bonds is 8. The van der Waals surface area contributed by atoms with E-state index in [1.165, 1.54) is 11.8 Å². The van der Waals surface area contributed by atoms with Gasteiger partial charge in [0.05, 0.1) is 30.3 Å². The maximum Gasteiger partial charge on any atom is 0.338 e. The number of aryl methyl sites for hydroxylation is 1. The zero-order chi connectivity index (χ0) is 27.4. The SMILES string of the molecule is CCOC(=O)C1=C(c2ccccc2)N=C2SC=C(CC(=O)N(C)Cc3ccccc3)N2[C@@H]1c1ccccc1C. The Morgan fingerprint density at radius 3 is 2.33 bits per heavy atom. The summed E-state index contributed by atoms with van der Waals surface area (Å²) in [5, 5.41) is 2.72. The van der Waals surface area contributed by atoms with Crippen molar-refractivity contribution in [3.8, 4) is 0 Å². The van der Waals surface area contributed by atoms with Gasteiger partial charge >= 0.3 is 5.97 Å². The van der Waals surface area contributed by atoms with E-state index in [9.17, 15) is 9.59 Å². The van der Waals surface area contributed by atoms with E-state index in [1.54, 1.807) is 11.8 Å². The van der Waals surface area contributed by atoms with E-state index < -0.39 is 12.0 Å². The number of nitrogens with zero attached hydrogens (tertiary/aromatic N) is 3. The van der Waals surface area contributed by atoms with Crippen LogP contribution >= 0.6 is 11.8 Å². The van der Waals surface area contributed by atoms with Gasteiger partial charge in [-0.3, -0.25) is 4.79 Å². The van der Waals surface area contributed by atoms with Crippen LogP contribution in [0.1, 0.15) is 41.6 Å². The zero-order valence-electron chi connectivity index (χ0n) is 22.3. The van der Waals surface area contributed by atoms with Gasteiger partial charge in [0.1, 0.15) is 0 Å². The predicted octanol–water partition coefficient (Wildman–Crippen LogP) is 6.32. The van der Waals surface area contributed by atoms with E-state index >= 15 is 0 Å². The average Bonchev–Trinajstić information content (AvgIpc) is 3.35. The van der Waals surface area contributed by atoms with E-state index in [4.69, 9.17) is 9.73 Å². The number of hydrogen-bond donors (Lipinski definition) is 0. The highest BCUT2D eigenvalue weighted by Gasteiger charge is 2.42. The maximum atomic E-state index is 13.6. The number of carbonyl (C=O) groups excluding carboxylic acids is 2. The summed E-state index contributed by atoms with van der Waals surface area (Å²) in [6, 6.07) is 27.2. The lowest BCUT2D eigenvalue weighted by atomic mass is 9.89. The van der Waals surface area contributed by atoms with Gasteiger partial charge in [0.15, 0.2) is 5.17 Å². The van der Waals surface area contributed by atoms with Crippen molar-refractivity contribution in [2.45, 2.75) is 32.9 Å². The lowest BCUT2D eigenvalue weighted by Crippen LogP contribution is -2.38. The van der Waals surface area contributed by atoms with Crippen LogP contribution in [0, 0.1) is 6.92 Å². The van der Waals surface area contributed by atoms with Crippen LogP contribution in [0.4, 0.5) is 0 Å². The summed E-state index contributed by atoms with van der Waals surface area (Å²) in [5.41, 5.74) is 5.82. The molecule has 0 fully saturated rings. The van der Waals surface area contributed by atoms with Crippen molar-refractivity contribution >= 4 is 34.5 Å². The molecule has 3 aromatic rings. The van der Waals surface area contributed by atoms with Crippen LogP contribution in [0.15, 0.2) is 107 Å². The second-order valence-electron chi connectivity index (χ2n) is 9.51. The third kappa shape index (κ3) is 5.54. The van der Waals surface area contributed by atoms with Gasteiger partial charge in [-0.15, -0.1) is 0 Å². The fourth-order valence-electron chi connectivity index (χ4n) is 4.91. The van der Waals surface area contributed by atoms with Crippen LogP contribution in [0.5, 0.6) is 0 Å². The van der Waals surface area contributed by atoms with Crippen molar-refractivity contribution < 1.29 is 14.3 Å². The first-order chi connectivity index (χ1) is 19.0. The van der Waals surface area contributed by atoms with Crippen LogP contribution in [-0.4, -0.2) is 40.5 Å². The van der Waals surface area contributed by atoms with Crippen LogP contribution < -0.4 is 0 Å². The van der Waals surface area contributed by atoms with Gasteiger partial charge in [-0.2, -0.15) is 0 Å². The summed E-state index contributed by atoms with van der Waals surface area (Å²) in [4.78, 5) is 35.8. The molecule has 0 aromatic heterocycles. The highest BCUT2D eigenvalue weighted by Crippen LogP contribution is 2.47. The second-order valence-corrected chi connectivity index (χ2v) is 10.3. The van der Waals surface area contributed by atoms with Crippen LogP contribution in [0.2, 0.25) is 0 Å². The molecule has 0 spiro atoms. The first-order valence-corrected chi connectivity index (χ1v) is 13.9. The number of carbonyl (C=O) groups is 2. The number of amidine groups is 1. The van der Waals surface area contributed by atoms with E-state index in [0.717, 1.165) is 33.1 Å². The van der Waals surface area contributed by atoms with Crippen molar-refractivity contribution in [1.29, 1.82) is 0 Å². The molecule has 0 N–H and O–H groups in total. The molecule has 7 heteroatoms. The molecule has 5 rings (SSSR count). The van der Waals surface area contributed by atoms with Crippen molar-refractivity contribution in [2.75, 3.05) is 13.7 Å². The van der Waals surface area contributed by atoms with Crippen molar-refractivity contribution in [3.05, 3.63) is 124 Å². The zero-order valence-corrected chi connectivity index (χ0v) is 23.2. The third-order valence-corrected chi connectivity index (χ3v) is 7.75. The summed E-state index contributed by atoms with van der Waals surface area (Å²) in [6.07, 6.45) is 0.189. The first kappa shape index (κ1) is 26.5. The number of aliphatic imine (C=N–C) groups is 1. The highest BCUT2D eigenvalue weighted by atomic mass is 32.2. The third-order valence-electron chi connectivity index (χ3n) is 6.86. The van der Waals surface area contributed by atoms with Crippen LogP contribution in [0.25, 0.3) is 5.70 Å². The largest absolute Gasteiger partial charge is 0.463 e. The molecule has 2 aliphatic heterocycles. The Balaban J connectivity index is 1.55. The minimum absolute atomic E-state index is 0.00833. The molecule has 39 heavy (non-hydrogen) atoms. The molecule has 0 saturated carbocycles. The lowest BCUT2D eigenvalue weighted by Gasteiger charge is -2.37. The van der Waals surface area contributed by atoms with Crippen molar-refractivity contribution in [1.82, 2.24) is 9.80 Å². The smallest absolute Gasteiger partial charge is 0.338 e. The van der Waals surface area contributed by atoms with E-state index in [1.807, 2.05) is 109 Å². The fraction of sp³-hybridized carbons (Fsp3) is 0.219. The Kier molecular flexibility index (Phi) is 7.98. The summed E-state index contributed by atoms with van der Waals surface area (Å²) in [6.45, 7) is 4.62. The van der Waals surface area contributed by atoms with E-state index in [0.29, 0.717) is 17.8 Å². The van der Waals surface area contributed by atoms with Gasteiger partial charge in [0.25, 0.3) is 0 Å². The molecule has 0 bridgehead atoms. The van der Waals surface area contributed by atoms with Gasteiger partial charge in [-0.25, -0.2) is 9.79 Å². The number of ether oxygens (including phenoxy) is 1. The number of hydrogen-bond acceptors (Lipinski definition) is 6. The Bertz CT molecular complexity index is 1460. The molecule has 0 saturated heterocycles. The quantitative estimate of drug-likeness (QED) is 0.315. The highest BCUT2D eigenvalue weighted by molar-refractivity contribution is 8.16. The molecular formula is C32H31N3O3S. The summed E-state index contributed by atoms with van der Waals surface area (Å²) in [7, 11) is 1.82. The fourth-order valence-corrected chi connectivity index (χ4v) is 5.83. The second kappa shape index (κ2) is 11.7. The summed E-state index contributed by atoms with van der Waals surface area (Å²) < 4.78 is 5.60. The number of esters is 1. The topological polar surface area (TPSA) is 62.2 Å². The summed E-state index contributed by atoms with van der Waals surface area (Å²) in [5.74, 6) is -0.415. The Morgan fingerprint density at radius 1 is 0.974 bits per heavy atom. The molecule has 0 unspecified atom stereocenters. The molecule has 6 nitrogen and oxygen atoms in total. The molecule has 198 valence electrons. The minimum atomic E-state index is -0.485. The molecule has 1 atom stereocenters. The van der Waals surface area contributed by atoms with Gasteiger partial charge in [0, 0.05) is 24.9 Å². The Labute approximate surface area is 233 Å². The standard InChI is InChI=1S/C32H31N3O3S/c1-4-38-31(37)28-29(24-16-9-6-10-17-24)33-32-35(30(28)26-18-12-11-13-22(26)2)25(21-39-32)19-27(36)34(3)20-23-14-7-5-8-15-23/h5-18,21,30H,4,19-20H2,1-3H3/t30-/m1/s1. The number of benzene rings is 3. The molecule has 2 aliphatic rings. The summed E-state index contributed by atoms with van der Waals surface area (Å²) >= 11 is 1.48. The van der Waals surface area contributed by atoms with E-state index in [2.05, 4.69) is 0 Å². The van der Waals surface area contributed by atoms with Crippen molar-refractivity contribution in [3.63, 3.8) is 0 Å². The lowest BCUT2D eigenvalue weighted by molar-refractivity contribution is -0.139. The van der Waals surface area contributed by atoms with Gasteiger partial charge in [0.2, 0.25) is 5.91 Å². The molecule has 2 heterocycles. The van der Waals surface area contributed by atoms with Crippen LogP contribution in [-0.2, 0) is 20.9 Å². The molecular weight excluding hydrogens is 506 g/mol. The minimum Gasteiger partial charge on any atom is -0.463 e. The predicted molar refractivity (Wildman–Crippen MR) is 156 cm³/mol. The molecule has 0 radical (unpaired) electrons. The Morgan fingerprint density at radius 2 is 1.64 bits per heavy atom. The number of amides is 1. The van der Waals surface area contributed by atoms with Gasteiger partial charge < -0.3 is 14.5 Å². The van der Waals surface area contributed by atoms with Gasteiger partial charge in [-0.1, -0.05) is 96.7 Å². The van der Waals surface area contributed by atoms with E-state index in [-0.39, 0.29) is 18.9 Å². The molecule has 0 aliphatic carbocycles. The number of fused-ring (bicyclic) bond motifs is 1. The monoisotopic (exact) mass is 537 g/mol.